The van der Waals surface area contributed by atoms with Gasteiger partial charge in [-0.05, 0) is 42.0 Å². The number of anilines is 1. The van der Waals surface area contributed by atoms with Crippen LogP contribution in [0.5, 0.6) is 5.75 Å². The third-order valence-electron chi connectivity index (χ3n) is 4.08. The van der Waals surface area contributed by atoms with Gasteiger partial charge in [0.05, 0.1) is 5.69 Å². The average molecular weight is 311 g/mol. The molecule has 1 aliphatic heterocycles. The average Bonchev–Trinajstić information content (AvgIpc) is 2.59. The molecule has 4 heteroatoms. The molecule has 2 aromatic rings. The Kier molecular flexibility index (Phi) is 4.81. The Balaban J connectivity index is 1.61. The second-order valence-corrected chi connectivity index (χ2v) is 5.82. The summed E-state index contributed by atoms with van der Waals surface area (Å²) in [5.74, 6) is 0.135. The molecular formula is C19H21NO3. The second-order valence-electron chi connectivity index (χ2n) is 5.82. The monoisotopic (exact) mass is 311 g/mol. The van der Waals surface area contributed by atoms with E-state index in [1.165, 1.54) is 5.56 Å². The van der Waals surface area contributed by atoms with Crippen molar-refractivity contribution in [1.82, 2.24) is 0 Å². The van der Waals surface area contributed by atoms with E-state index in [0.717, 1.165) is 42.0 Å². The molecule has 1 aliphatic rings. The number of carboxylic acid groups (broad SMARTS) is 1. The van der Waals surface area contributed by atoms with Gasteiger partial charge in [-0.3, -0.25) is 4.79 Å². The van der Waals surface area contributed by atoms with Gasteiger partial charge in [-0.25, -0.2) is 0 Å². The molecule has 0 spiro atoms. The van der Waals surface area contributed by atoms with Crippen LogP contribution in [0.15, 0.2) is 42.5 Å². The van der Waals surface area contributed by atoms with Crippen LogP contribution in [-0.2, 0) is 24.2 Å². The molecule has 23 heavy (non-hydrogen) atoms. The molecular weight excluding hydrogens is 290 g/mol. The molecule has 4 nitrogen and oxygen atoms in total. The first-order valence-electron chi connectivity index (χ1n) is 8.00. The number of nitrogens with one attached hydrogen (secondary N) is 1. The zero-order valence-corrected chi connectivity index (χ0v) is 13.0. The summed E-state index contributed by atoms with van der Waals surface area (Å²) < 4.78 is 5.97. The molecule has 2 aromatic carbocycles. The smallest absolute Gasteiger partial charge is 0.303 e. The number of aryl methyl sites for hydroxylation is 2. The maximum absolute atomic E-state index is 10.6. The van der Waals surface area contributed by atoms with Crippen LogP contribution in [0.3, 0.4) is 0 Å². The number of fused-ring (bicyclic) bond motifs is 1. The first-order chi connectivity index (χ1) is 11.2. The largest absolute Gasteiger partial charge is 0.487 e. The zero-order chi connectivity index (χ0) is 16.1. The molecule has 120 valence electrons. The van der Waals surface area contributed by atoms with E-state index in [9.17, 15) is 4.79 Å². The minimum atomic E-state index is -0.765. The molecule has 3 rings (SSSR count). The number of hydrogen-bond donors (Lipinski definition) is 2. The van der Waals surface area contributed by atoms with Crippen LogP contribution in [-0.4, -0.2) is 17.6 Å². The molecule has 1 heterocycles. The van der Waals surface area contributed by atoms with Gasteiger partial charge in [-0.15, -0.1) is 0 Å². The van der Waals surface area contributed by atoms with Crippen molar-refractivity contribution >= 4 is 11.7 Å². The number of benzene rings is 2. The fourth-order valence-electron chi connectivity index (χ4n) is 2.81. The SMILES string of the molecule is O=C(O)CCc1ccc(COc2cccc3c2NCCC3)cc1. The zero-order valence-electron chi connectivity index (χ0n) is 13.0. The number of carbonyl (C=O) groups is 1. The van der Waals surface area contributed by atoms with Gasteiger partial charge in [-0.2, -0.15) is 0 Å². The molecule has 0 saturated carbocycles. The third kappa shape index (κ3) is 4.03. The van der Waals surface area contributed by atoms with E-state index in [4.69, 9.17) is 9.84 Å². The van der Waals surface area contributed by atoms with Crippen molar-refractivity contribution in [3.8, 4) is 5.75 Å². The fraction of sp³-hybridized carbons (Fsp3) is 0.316. The Morgan fingerprint density at radius 1 is 1.13 bits per heavy atom. The van der Waals surface area contributed by atoms with Crippen molar-refractivity contribution in [3.05, 3.63) is 59.2 Å². The molecule has 0 fully saturated rings. The highest BCUT2D eigenvalue weighted by Gasteiger charge is 2.13. The van der Waals surface area contributed by atoms with E-state index in [1.807, 2.05) is 36.4 Å². The molecule has 0 amide bonds. The normalized spacial score (nSPS) is 13.0. The molecule has 0 aliphatic carbocycles. The molecule has 0 atom stereocenters. The van der Waals surface area contributed by atoms with Gasteiger partial charge in [-0.1, -0.05) is 36.4 Å². The van der Waals surface area contributed by atoms with Crippen LogP contribution in [0.4, 0.5) is 5.69 Å². The summed E-state index contributed by atoms with van der Waals surface area (Å²) in [7, 11) is 0. The van der Waals surface area contributed by atoms with Crippen molar-refractivity contribution in [2.45, 2.75) is 32.3 Å². The van der Waals surface area contributed by atoms with Gasteiger partial charge in [0.1, 0.15) is 12.4 Å². The van der Waals surface area contributed by atoms with Crippen molar-refractivity contribution in [2.75, 3.05) is 11.9 Å². The van der Waals surface area contributed by atoms with Gasteiger partial charge in [0.2, 0.25) is 0 Å². The van der Waals surface area contributed by atoms with Crippen LogP contribution in [0, 0.1) is 0 Å². The fourth-order valence-corrected chi connectivity index (χ4v) is 2.81. The standard InChI is InChI=1S/C19H21NO3/c21-18(22)11-10-14-6-8-15(9-7-14)13-23-17-5-1-3-16-4-2-12-20-19(16)17/h1,3,5-9,20H,2,4,10-13H2,(H,21,22). The van der Waals surface area contributed by atoms with E-state index in [0.29, 0.717) is 13.0 Å². The van der Waals surface area contributed by atoms with E-state index in [2.05, 4.69) is 11.4 Å². The van der Waals surface area contributed by atoms with Gasteiger partial charge >= 0.3 is 5.97 Å². The topological polar surface area (TPSA) is 58.6 Å². The summed E-state index contributed by atoms with van der Waals surface area (Å²) in [6.07, 6.45) is 2.98. The van der Waals surface area contributed by atoms with E-state index >= 15 is 0 Å². The Labute approximate surface area is 136 Å². The number of aliphatic carboxylic acids is 1. The number of rotatable bonds is 6. The predicted molar refractivity (Wildman–Crippen MR) is 90.0 cm³/mol. The summed E-state index contributed by atoms with van der Waals surface area (Å²) in [5.41, 5.74) is 4.56. The Morgan fingerprint density at radius 2 is 1.91 bits per heavy atom. The number of carboxylic acids is 1. The van der Waals surface area contributed by atoms with Crippen LogP contribution in [0.25, 0.3) is 0 Å². The highest BCUT2D eigenvalue weighted by atomic mass is 16.5. The maximum atomic E-state index is 10.6. The molecule has 0 bridgehead atoms. The van der Waals surface area contributed by atoms with Gasteiger partial charge in [0.25, 0.3) is 0 Å². The van der Waals surface area contributed by atoms with Crippen LogP contribution in [0.2, 0.25) is 0 Å². The van der Waals surface area contributed by atoms with Gasteiger partial charge in [0, 0.05) is 13.0 Å². The van der Waals surface area contributed by atoms with E-state index in [1.54, 1.807) is 0 Å². The van der Waals surface area contributed by atoms with Crippen LogP contribution in [0.1, 0.15) is 29.5 Å². The van der Waals surface area contributed by atoms with Gasteiger partial charge < -0.3 is 15.2 Å². The second kappa shape index (κ2) is 7.18. The lowest BCUT2D eigenvalue weighted by Crippen LogP contribution is -2.13. The first-order valence-corrected chi connectivity index (χ1v) is 8.00. The number of hydrogen-bond acceptors (Lipinski definition) is 3. The quantitative estimate of drug-likeness (QED) is 0.855. The number of ether oxygens (including phenoxy) is 1. The van der Waals surface area contributed by atoms with Gasteiger partial charge in [0.15, 0.2) is 0 Å². The third-order valence-corrected chi connectivity index (χ3v) is 4.08. The van der Waals surface area contributed by atoms with E-state index in [-0.39, 0.29) is 6.42 Å². The lowest BCUT2D eigenvalue weighted by molar-refractivity contribution is -0.136. The van der Waals surface area contributed by atoms with Crippen LogP contribution >= 0.6 is 0 Å². The minimum Gasteiger partial charge on any atom is -0.487 e. The van der Waals surface area contributed by atoms with Crippen LogP contribution < -0.4 is 10.1 Å². The van der Waals surface area contributed by atoms with Crippen molar-refractivity contribution in [3.63, 3.8) is 0 Å². The predicted octanol–water partition coefficient (Wildman–Crippen LogP) is 3.64. The number of para-hydroxylation sites is 1. The molecule has 0 saturated heterocycles. The summed E-state index contributed by atoms with van der Waals surface area (Å²) in [6.45, 7) is 1.50. The molecule has 0 radical (unpaired) electrons. The van der Waals surface area contributed by atoms with Crippen molar-refractivity contribution in [2.24, 2.45) is 0 Å². The Bertz CT molecular complexity index is 680. The highest BCUT2D eigenvalue weighted by Crippen LogP contribution is 2.32. The lowest BCUT2D eigenvalue weighted by Gasteiger charge is -2.21. The summed E-state index contributed by atoms with van der Waals surface area (Å²) in [4.78, 5) is 10.6. The minimum absolute atomic E-state index is 0.164. The van der Waals surface area contributed by atoms with Crippen molar-refractivity contribution < 1.29 is 14.6 Å². The molecule has 0 unspecified atom stereocenters. The summed E-state index contributed by atoms with van der Waals surface area (Å²) in [6, 6.07) is 14.1. The molecule has 0 aromatic heterocycles. The Hall–Kier alpha value is -2.49. The highest BCUT2D eigenvalue weighted by molar-refractivity contribution is 5.67. The first kappa shape index (κ1) is 15.4. The summed E-state index contributed by atoms with van der Waals surface area (Å²) >= 11 is 0. The van der Waals surface area contributed by atoms with Crippen molar-refractivity contribution in [1.29, 1.82) is 0 Å². The maximum Gasteiger partial charge on any atom is 0.303 e. The van der Waals surface area contributed by atoms with E-state index < -0.39 is 5.97 Å². The summed E-state index contributed by atoms with van der Waals surface area (Å²) in [5, 5.41) is 12.1. The lowest BCUT2D eigenvalue weighted by atomic mass is 10.0. The molecule has 2 N–H and O–H groups in total. The Morgan fingerprint density at radius 3 is 2.70 bits per heavy atom.